The Kier molecular flexibility index (Phi) is 9.94. The van der Waals surface area contributed by atoms with E-state index in [1.165, 1.54) is 12.1 Å². The van der Waals surface area contributed by atoms with Crippen molar-refractivity contribution in [3.05, 3.63) is 71.1 Å². The van der Waals surface area contributed by atoms with E-state index in [9.17, 15) is 36.4 Å². The Labute approximate surface area is 263 Å². The van der Waals surface area contributed by atoms with E-state index >= 15 is 0 Å². The van der Waals surface area contributed by atoms with Crippen molar-refractivity contribution in [3.8, 4) is 16.9 Å². The maximum absolute atomic E-state index is 13.5. The van der Waals surface area contributed by atoms with Crippen molar-refractivity contribution in [2.45, 2.75) is 51.6 Å². The van der Waals surface area contributed by atoms with Gasteiger partial charge in [-0.25, -0.2) is 17.8 Å². The van der Waals surface area contributed by atoms with Gasteiger partial charge in [-0.05, 0) is 70.9 Å². The standard InChI is InChI=1S/C29H33F3N6O7S/c1-19-7-9-20(10-8-19)24-16-25(29(30,31)32)33-37(24)22-11-13-23(14-12-22)46(42,43)34-26(39)21-6-5-15-36(17-21)38(41)35-45-18-44-27(40)28(2,3)4/h7-14,16,21H,5-6,15,17-18H2,1-4H3,(H,34,39)/b38-35+. The van der Waals surface area contributed by atoms with Crippen LogP contribution in [0.2, 0.25) is 0 Å². The fourth-order valence-electron chi connectivity index (χ4n) is 4.44. The summed E-state index contributed by atoms with van der Waals surface area (Å²) in [5, 5.41) is 20.5. The maximum atomic E-state index is 13.5. The fourth-order valence-corrected chi connectivity index (χ4v) is 5.48. The Bertz CT molecular complexity index is 1700. The average molecular weight is 667 g/mol. The minimum atomic E-state index is -4.71. The first-order valence-electron chi connectivity index (χ1n) is 14.1. The molecule has 1 saturated heterocycles. The molecule has 2 heterocycles. The Balaban J connectivity index is 1.43. The molecule has 0 bridgehead atoms. The van der Waals surface area contributed by atoms with Crippen LogP contribution in [0.1, 0.15) is 44.9 Å². The van der Waals surface area contributed by atoms with Crippen molar-refractivity contribution < 1.29 is 45.7 Å². The van der Waals surface area contributed by atoms with Crippen LogP contribution in [0.5, 0.6) is 0 Å². The molecule has 2 aromatic carbocycles. The minimum absolute atomic E-state index is 0.0991. The normalized spacial score (nSPS) is 16.2. The van der Waals surface area contributed by atoms with Gasteiger partial charge in [-0.2, -0.15) is 18.3 Å². The molecule has 1 fully saturated rings. The van der Waals surface area contributed by atoms with Crippen LogP contribution in [-0.2, 0) is 35.4 Å². The number of hydrogen-bond acceptors (Lipinski definition) is 9. The molecule has 0 spiro atoms. The molecule has 17 heteroatoms. The lowest BCUT2D eigenvalue weighted by atomic mass is 9.98. The highest BCUT2D eigenvalue weighted by Gasteiger charge is 2.36. The van der Waals surface area contributed by atoms with Gasteiger partial charge in [0.1, 0.15) is 0 Å². The van der Waals surface area contributed by atoms with E-state index < -0.39 is 51.9 Å². The lowest BCUT2D eigenvalue weighted by Gasteiger charge is -2.27. The third-order valence-corrected chi connectivity index (χ3v) is 8.33. The van der Waals surface area contributed by atoms with Crippen LogP contribution in [0.4, 0.5) is 13.2 Å². The first-order chi connectivity index (χ1) is 21.5. The highest BCUT2D eigenvalue weighted by Crippen LogP contribution is 2.33. The number of piperidine rings is 1. The van der Waals surface area contributed by atoms with Gasteiger partial charge in [0, 0.05) is 5.56 Å². The molecule has 1 aliphatic rings. The molecule has 0 aliphatic carbocycles. The average Bonchev–Trinajstić information content (AvgIpc) is 3.45. The van der Waals surface area contributed by atoms with Crippen molar-refractivity contribution in [1.82, 2.24) is 19.5 Å². The summed E-state index contributed by atoms with van der Waals surface area (Å²) in [5.74, 6) is -2.31. The van der Waals surface area contributed by atoms with Gasteiger partial charge in [0.25, 0.3) is 16.8 Å². The topological polar surface area (TPSA) is 158 Å². The number of hydrogen-bond donors (Lipinski definition) is 1. The van der Waals surface area contributed by atoms with Crippen LogP contribution < -0.4 is 4.72 Å². The Hall–Kier alpha value is -4.67. The molecule has 1 N–H and O–H groups in total. The molecular formula is C29H33F3N6O7S. The summed E-state index contributed by atoms with van der Waals surface area (Å²) in [6.07, 6.45) is -4.05. The van der Waals surface area contributed by atoms with Crippen LogP contribution in [0, 0.1) is 23.5 Å². The molecule has 0 saturated carbocycles. The highest BCUT2D eigenvalue weighted by atomic mass is 32.2. The second-order valence-corrected chi connectivity index (χ2v) is 13.4. The van der Waals surface area contributed by atoms with E-state index in [0.29, 0.717) is 12.0 Å². The number of hydrazine groups is 1. The zero-order valence-electron chi connectivity index (χ0n) is 25.4. The molecule has 248 valence electrons. The predicted octanol–water partition coefficient (Wildman–Crippen LogP) is 4.74. The van der Waals surface area contributed by atoms with Gasteiger partial charge in [-0.1, -0.05) is 29.8 Å². The number of carbonyl (C=O) groups is 2. The Morgan fingerprint density at radius 2 is 1.76 bits per heavy atom. The molecule has 13 nitrogen and oxygen atoms in total. The van der Waals surface area contributed by atoms with Crippen LogP contribution in [0.25, 0.3) is 16.9 Å². The first kappa shape index (κ1) is 34.2. The largest absolute Gasteiger partial charge is 0.569 e. The molecule has 1 amide bonds. The summed E-state index contributed by atoms with van der Waals surface area (Å²) in [4.78, 5) is 29.2. The first-order valence-corrected chi connectivity index (χ1v) is 15.6. The number of halogens is 3. The molecule has 3 aromatic rings. The quantitative estimate of drug-likeness (QED) is 0.0851. The van der Waals surface area contributed by atoms with Gasteiger partial charge in [0.2, 0.25) is 11.2 Å². The Morgan fingerprint density at radius 3 is 2.37 bits per heavy atom. The number of aromatic nitrogens is 2. The van der Waals surface area contributed by atoms with Gasteiger partial charge in [-0.3, -0.25) is 9.59 Å². The molecule has 1 atom stereocenters. The van der Waals surface area contributed by atoms with E-state index in [4.69, 9.17) is 9.57 Å². The summed E-state index contributed by atoms with van der Waals surface area (Å²) in [6, 6.07) is 12.6. The van der Waals surface area contributed by atoms with E-state index in [1.54, 1.807) is 45.0 Å². The van der Waals surface area contributed by atoms with Crippen LogP contribution in [0.15, 0.2) is 64.8 Å². The number of ether oxygens (including phenoxy) is 1. The van der Waals surface area contributed by atoms with Gasteiger partial charge in [-0.15, -0.1) is 5.01 Å². The number of amides is 1. The lowest BCUT2D eigenvalue weighted by molar-refractivity contribution is -0.714. The van der Waals surface area contributed by atoms with Gasteiger partial charge in [0.05, 0.1) is 45.7 Å². The second-order valence-electron chi connectivity index (χ2n) is 11.7. The third kappa shape index (κ3) is 8.32. The number of nitrogens with one attached hydrogen (secondary N) is 1. The van der Waals surface area contributed by atoms with Gasteiger partial charge in [0.15, 0.2) is 5.69 Å². The summed E-state index contributed by atoms with van der Waals surface area (Å²) < 4.78 is 74.6. The number of carbonyl (C=O) groups excluding carboxylic acids is 2. The van der Waals surface area contributed by atoms with E-state index in [1.807, 2.05) is 11.6 Å². The lowest BCUT2D eigenvalue weighted by Crippen LogP contribution is -2.46. The molecule has 1 unspecified atom stereocenters. The number of aryl methyl sites for hydroxylation is 1. The second kappa shape index (κ2) is 13.4. The molecular weight excluding hydrogens is 633 g/mol. The molecule has 4 rings (SSSR count). The van der Waals surface area contributed by atoms with Crippen LogP contribution in [-0.4, -0.2) is 59.9 Å². The predicted molar refractivity (Wildman–Crippen MR) is 156 cm³/mol. The summed E-state index contributed by atoms with van der Waals surface area (Å²) in [6.45, 7) is 6.21. The van der Waals surface area contributed by atoms with Gasteiger partial charge >= 0.3 is 12.1 Å². The fraction of sp³-hybridized carbons (Fsp3) is 0.414. The number of esters is 1. The molecule has 46 heavy (non-hydrogen) atoms. The van der Waals surface area contributed by atoms with Gasteiger partial charge < -0.3 is 14.8 Å². The summed E-state index contributed by atoms with van der Waals surface area (Å²) in [5.41, 5.74) is -0.203. The Morgan fingerprint density at radius 1 is 1.11 bits per heavy atom. The number of alkyl halides is 3. The van der Waals surface area contributed by atoms with Crippen molar-refractivity contribution in [2.75, 3.05) is 19.9 Å². The highest BCUT2D eigenvalue weighted by molar-refractivity contribution is 7.90. The summed E-state index contributed by atoms with van der Waals surface area (Å²) in [7, 11) is -4.38. The van der Waals surface area contributed by atoms with Crippen molar-refractivity contribution >= 4 is 21.9 Å². The zero-order chi connectivity index (χ0) is 33.9. The summed E-state index contributed by atoms with van der Waals surface area (Å²) >= 11 is 0. The zero-order valence-corrected chi connectivity index (χ0v) is 26.3. The minimum Gasteiger partial charge on any atom is -0.569 e. The number of nitrogens with zero attached hydrogens (tertiary/aromatic N) is 5. The number of benzene rings is 2. The van der Waals surface area contributed by atoms with Crippen LogP contribution in [0.3, 0.4) is 0 Å². The van der Waals surface area contributed by atoms with E-state index in [2.05, 4.69) is 10.4 Å². The molecule has 1 aliphatic heterocycles. The van der Waals surface area contributed by atoms with Crippen LogP contribution >= 0.6 is 0 Å². The monoisotopic (exact) mass is 666 g/mol. The van der Waals surface area contributed by atoms with E-state index in [-0.39, 0.29) is 40.8 Å². The molecule has 1 aromatic heterocycles. The SMILES string of the molecule is Cc1ccc(-c2cc(C(F)(F)F)nn2-c2ccc(S(=O)(=O)NC(=O)C3CCCN(/[N+]([O-])=N\OCOC(=O)C(C)(C)C)C3)cc2)cc1. The smallest absolute Gasteiger partial charge is 0.435 e. The number of sulfonamides is 1. The van der Waals surface area contributed by atoms with Crippen molar-refractivity contribution in [3.63, 3.8) is 0 Å². The van der Waals surface area contributed by atoms with Crippen molar-refractivity contribution in [1.29, 1.82) is 0 Å². The van der Waals surface area contributed by atoms with E-state index in [0.717, 1.165) is 33.5 Å². The molecule has 0 radical (unpaired) electrons. The number of rotatable bonds is 9. The third-order valence-electron chi connectivity index (χ3n) is 6.97. The van der Waals surface area contributed by atoms with Crippen molar-refractivity contribution in [2.24, 2.45) is 16.6 Å². The maximum Gasteiger partial charge on any atom is 0.435 e.